The molecule has 3 aromatic carbocycles. The molecule has 5 aromatic rings. The van der Waals surface area contributed by atoms with E-state index in [2.05, 4.69) is 33.8 Å². The minimum absolute atomic E-state index is 0.384. The maximum atomic E-state index is 12.7. The number of benzene rings is 3. The van der Waals surface area contributed by atoms with Gasteiger partial charge in [0.2, 0.25) is 5.89 Å². The van der Waals surface area contributed by atoms with Gasteiger partial charge in [0.1, 0.15) is 6.26 Å². The van der Waals surface area contributed by atoms with Gasteiger partial charge in [-0.15, -0.1) is 0 Å². The number of aromatic nitrogens is 2. The molecule has 3 nitrogen and oxygen atoms in total. The van der Waals surface area contributed by atoms with Gasteiger partial charge in [0, 0.05) is 28.2 Å². The Balaban J connectivity index is 1.30. The molecular weight excluding hydrogens is 461 g/mol. The molecule has 2 heterocycles. The zero-order chi connectivity index (χ0) is 23.7. The van der Waals surface area contributed by atoms with Crippen molar-refractivity contribution in [3.05, 3.63) is 113 Å². The van der Waals surface area contributed by atoms with Gasteiger partial charge in [-0.1, -0.05) is 41.9 Å². The van der Waals surface area contributed by atoms with Crippen LogP contribution in [0.2, 0.25) is 5.02 Å². The lowest BCUT2D eigenvalue weighted by atomic mass is 10.0. The van der Waals surface area contributed by atoms with Crippen LogP contribution < -0.4 is 0 Å². The minimum Gasteiger partial charge on any atom is -0.445 e. The van der Waals surface area contributed by atoms with E-state index >= 15 is 0 Å². The minimum atomic E-state index is -4.35. The van der Waals surface area contributed by atoms with Crippen molar-refractivity contribution in [3.8, 4) is 11.1 Å². The molecule has 170 valence electrons. The molecule has 5 rings (SSSR count). The Hall–Kier alpha value is -3.77. The third-order valence-corrected chi connectivity index (χ3v) is 5.72. The molecule has 7 heteroatoms. The number of halogens is 4. The average Bonchev–Trinajstić information content (AvgIpc) is 3.44. The highest BCUT2D eigenvalue weighted by Crippen LogP contribution is 2.30. The standard InChI is InChI=1S/C27H18ClF3N2O/c28-23-3-1-2-19(15-23)20-7-10-25-21(14-20)12-13-33(25)16-24-17-34-26(32-24)11-6-18-4-8-22(9-5-18)27(29,30)31/h1-15,17H,16H2. The predicted molar refractivity (Wildman–Crippen MR) is 128 cm³/mol. The molecule has 0 bridgehead atoms. The number of nitrogens with zero attached hydrogens (tertiary/aromatic N) is 2. The van der Waals surface area contributed by atoms with Gasteiger partial charge in [-0.3, -0.25) is 0 Å². The second-order valence-electron chi connectivity index (χ2n) is 7.86. The van der Waals surface area contributed by atoms with Crippen LogP contribution in [0.25, 0.3) is 34.2 Å². The maximum Gasteiger partial charge on any atom is 0.416 e. The molecule has 0 N–H and O–H groups in total. The van der Waals surface area contributed by atoms with E-state index in [-0.39, 0.29) is 0 Å². The number of rotatable bonds is 5. The maximum absolute atomic E-state index is 12.7. The topological polar surface area (TPSA) is 31.0 Å². The first-order valence-corrected chi connectivity index (χ1v) is 10.9. The summed E-state index contributed by atoms with van der Waals surface area (Å²) in [5.74, 6) is 0.384. The monoisotopic (exact) mass is 478 g/mol. The second kappa shape index (κ2) is 8.88. The van der Waals surface area contributed by atoms with Crippen molar-refractivity contribution in [1.29, 1.82) is 0 Å². The van der Waals surface area contributed by atoms with Crippen LogP contribution in [0, 0.1) is 0 Å². The predicted octanol–water partition coefficient (Wildman–Crippen LogP) is 8.19. The van der Waals surface area contributed by atoms with E-state index in [0.717, 1.165) is 39.9 Å². The lowest BCUT2D eigenvalue weighted by Crippen LogP contribution is -2.03. The highest BCUT2D eigenvalue weighted by Gasteiger charge is 2.29. The largest absolute Gasteiger partial charge is 0.445 e. The molecule has 0 fully saturated rings. The zero-order valence-corrected chi connectivity index (χ0v) is 18.5. The Morgan fingerprint density at radius 1 is 0.912 bits per heavy atom. The third-order valence-electron chi connectivity index (χ3n) is 5.49. The van der Waals surface area contributed by atoms with E-state index < -0.39 is 11.7 Å². The molecule has 0 aliphatic heterocycles. The van der Waals surface area contributed by atoms with Crippen LogP contribution in [0.3, 0.4) is 0 Å². The zero-order valence-electron chi connectivity index (χ0n) is 17.8. The Bertz CT molecular complexity index is 1480. The van der Waals surface area contributed by atoms with Crippen LogP contribution in [-0.4, -0.2) is 9.55 Å². The highest BCUT2D eigenvalue weighted by molar-refractivity contribution is 6.30. The molecule has 0 amide bonds. The number of hydrogen-bond donors (Lipinski definition) is 0. The molecular formula is C27H18ClF3N2O. The van der Waals surface area contributed by atoms with Gasteiger partial charge in [-0.2, -0.15) is 13.2 Å². The number of oxazole rings is 1. The molecule has 34 heavy (non-hydrogen) atoms. The molecule has 2 aromatic heterocycles. The highest BCUT2D eigenvalue weighted by atomic mass is 35.5. The van der Waals surface area contributed by atoms with Gasteiger partial charge < -0.3 is 8.98 Å². The van der Waals surface area contributed by atoms with Crippen molar-refractivity contribution in [1.82, 2.24) is 9.55 Å². The van der Waals surface area contributed by atoms with Crippen LogP contribution >= 0.6 is 11.6 Å². The second-order valence-corrected chi connectivity index (χ2v) is 8.29. The molecule has 0 radical (unpaired) electrons. The first-order valence-electron chi connectivity index (χ1n) is 10.5. The van der Waals surface area contributed by atoms with Crippen LogP contribution in [-0.2, 0) is 12.7 Å². The van der Waals surface area contributed by atoms with Crippen LogP contribution in [0.1, 0.15) is 22.7 Å². The Morgan fingerprint density at radius 3 is 2.47 bits per heavy atom. The number of fused-ring (bicyclic) bond motifs is 1. The summed E-state index contributed by atoms with van der Waals surface area (Å²) in [6.07, 6.45) is 2.53. The Labute approximate surface area is 198 Å². The smallest absolute Gasteiger partial charge is 0.416 e. The van der Waals surface area contributed by atoms with E-state index in [0.29, 0.717) is 23.0 Å². The summed E-state index contributed by atoms with van der Waals surface area (Å²) in [6.45, 7) is 0.525. The van der Waals surface area contributed by atoms with E-state index in [1.54, 1.807) is 18.4 Å². The number of alkyl halides is 3. The summed E-state index contributed by atoms with van der Waals surface area (Å²) in [7, 11) is 0. The summed E-state index contributed by atoms with van der Waals surface area (Å²) in [5, 5.41) is 1.80. The van der Waals surface area contributed by atoms with Gasteiger partial charge in [-0.25, -0.2) is 4.98 Å². The van der Waals surface area contributed by atoms with Crippen molar-refractivity contribution in [2.45, 2.75) is 12.7 Å². The first kappa shape index (κ1) is 22.0. The molecule has 0 aliphatic carbocycles. The molecule has 0 saturated carbocycles. The van der Waals surface area contributed by atoms with Crippen molar-refractivity contribution >= 4 is 34.7 Å². The molecule has 0 spiro atoms. The van der Waals surface area contributed by atoms with Crippen molar-refractivity contribution in [2.75, 3.05) is 0 Å². The average molecular weight is 479 g/mol. The van der Waals surface area contributed by atoms with Gasteiger partial charge in [-0.05, 0) is 65.2 Å². The fourth-order valence-electron chi connectivity index (χ4n) is 3.78. The molecule has 0 aliphatic rings. The van der Waals surface area contributed by atoms with Gasteiger partial charge >= 0.3 is 6.18 Å². The molecule has 0 unspecified atom stereocenters. The summed E-state index contributed by atoms with van der Waals surface area (Å²) in [4.78, 5) is 4.47. The normalized spacial score (nSPS) is 12.1. The summed E-state index contributed by atoms with van der Waals surface area (Å²) in [6, 6.07) is 21.0. The molecule has 0 atom stereocenters. The quantitative estimate of drug-likeness (QED) is 0.255. The van der Waals surface area contributed by atoms with Crippen molar-refractivity contribution < 1.29 is 17.6 Å². The van der Waals surface area contributed by atoms with Crippen molar-refractivity contribution in [2.24, 2.45) is 0 Å². The van der Waals surface area contributed by atoms with Gasteiger partial charge in [0.05, 0.1) is 17.8 Å². The summed E-state index contributed by atoms with van der Waals surface area (Å²) in [5.41, 5.74) is 3.90. The van der Waals surface area contributed by atoms with Crippen LogP contribution in [0.5, 0.6) is 0 Å². The van der Waals surface area contributed by atoms with Crippen LogP contribution in [0.15, 0.2) is 89.7 Å². The fraction of sp³-hybridized carbons (Fsp3) is 0.0741. The SMILES string of the molecule is FC(F)(F)c1ccc(C=Cc2nc(Cn3ccc4cc(-c5cccc(Cl)c5)ccc43)co2)cc1. The van der Waals surface area contributed by atoms with E-state index in [1.807, 2.05) is 30.5 Å². The lowest BCUT2D eigenvalue weighted by molar-refractivity contribution is -0.137. The number of hydrogen-bond acceptors (Lipinski definition) is 2. The first-order chi connectivity index (χ1) is 16.3. The Morgan fingerprint density at radius 2 is 1.71 bits per heavy atom. The van der Waals surface area contributed by atoms with E-state index in [9.17, 15) is 13.2 Å². The van der Waals surface area contributed by atoms with Gasteiger partial charge in [0.15, 0.2) is 0 Å². The lowest BCUT2D eigenvalue weighted by Gasteiger charge is -2.05. The fourth-order valence-corrected chi connectivity index (χ4v) is 3.97. The summed E-state index contributed by atoms with van der Waals surface area (Å²) < 4.78 is 45.7. The van der Waals surface area contributed by atoms with Crippen molar-refractivity contribution in [3.63, 3.8) is 0 Å². The molecule has 0 saturated heterocycles. The Kier molecular flexibility index (Phi) is 5.75. The van der Waals surface area contributed by atoms with E-state index in [4.69, 9.17) is 16.0 Å². The van der Waals surface area contributed by atoms with Gasteiger partial charge in [0.25, 0.3) is 0 Å². The summed E-state index contributed by atoms with van der Waals surface area (Å²) >= 11 is 6.12. The third kappa shape index (κ3) is 4.77. The van der Waals surface area contributed by atoms with E-state index in [1.165, 1.54) is 12.1 Å². The van der Waals surface area contributed by atoms with Crippen LogP contribution in [0.4, 0.5) is 13.2 Å².